The van der Waals surface area contributed by atoms with Crippen molar-refractivity contribution >= 4 is 0 Å². The summed E-state index contributed by atoms with van der Waals surface area (Å²) in [5.41, 5.74) is 1.01. The van der Waals surface area contributed by atoms with Crippen molar-refractivity contribution in [2.45, 2.75) is 18.4 Å². The minimum Gasteiger partial charge on any atom is -0.508 e. The predicted octanol–water partition coefficient (Wildman–Crippen LogP) is 2.80. The highest BCUT2D eigenvalue weighted by molar-refractivity contribution is 5.52. The van der Waals surface area contributed by atoms with E-state index in [1.165, 1.54) is 0 Å². The number of hydrogen-bond acceptors (Lipinski definition) is 3. The Morgan fingerprint density at radius 1 is 0.947 bits per heavy atom. The normalized spacial score (nSPS) is 18.3. The highest BCUT2D eigenvalue weighted by atomic mass is 16.6. The fourth-order valence-electron chi connectivity index (χ4n) is 2.70. The third-order valence-electron chi connectivity index (χ3n) is 3.90. The van der Waals surface area contributed by atoms with Crippen molar-refractivity contribution in [1.82, 2.24) is 0 Å². The first-order chi connectivity index (χ1) is 9.14. The van der Waals surface area contributed by atoms with E-state index < -0.39 is 5.41 Å². The van der Waals surface area contributed by atoms with Gasteiger partial charge in [0.2, 0.25) is 0 Å². The van der Waals surface area contributed by atoms with E-state index in [0.717, 1.165) is 11.1 Å². The van der Waals surface area contributed by atoms with Crippen molar-refractivity contribution in [3.63, 3.8) is 0 Å². The molecule has 2 N–H and O–H groups in total. The molecule has 1 aliphatic heterocycles. The second-order valence-electron chi connectivity index (χ2n) is 5.06. The molecule has 1 fully saturated rings. The second kappa shape index (κ2) is 4.28. The number of rotatable bonds is 3. The Kier molecular flexibility index (Phi) is 2.72. The lowest BCUT2D eigenvalue weighted by Crippen LogP contribution is -2.30. The molecule has 19 heavy (non-hydrogen) atoms. The Morgan fingerprint density at radius 2 is 1.37 bits per heavy atom. The number of hydrogen-bond donors (Lipinski definition) is 2. The van der Waals surface area contributed by atoms with E-state index in [4.69, 9.17) is 4.74 Å². The van der Waals surface area contributed by atoms with Crippen molar-refractivity contribution in [3.8, 4) is 11.5 Å². The summed E-state index contributed by atoms with van der Waals surface area (Å²) in [7, 11) is 0. The molecule has 0 spiro atoms. The summed E-state index contributed by atoms with van der Waals surface area (Å²) in [4.78, 5) is 0. The number of benzene rings is 2. The van der Waals surface area contributed by atoms with E-state index in [0.29, 0.717) is 6.61 Å². The SMILES string of the molecule is CC(c1ccccc1O)(c1ccccc1O)C1CO1. The molecule has 3 rings (SSSR count). The molecule has 0 radical (unpaired) electrons. The van der Waals surface area contributed by atoms with Crippen LogP contribution in [0.5, 0.6) is 11.5 Å². The fourth-order valence-corrected chi connectivity index (χ4v) is 2.70. The van der Waals surface area contributed by atoms with Crippen LogP contribution in [0.2, 0.25) is 0 Å². The molecule has 1 heterocycles. The topological polar surface area (TPSA) is 53.0 Å². The third kappa shape index (κ3) is 1.87. The molecule has 0 amide bonds. The van der Waals surface area contributed by atoms with Crippen LogP contribution in [-0.2, 0) is 10.2 Å². The van der Waals surface area contributed by atoms with Gasteiger partial charge in [0.1, 0.15) is 11.5 Å². The van der Waals surface area contributed by atoms with Crippen molar-refractivity contribution < 1.29 is 14.9 Å². The smallest absolute Gasteiger partial charge is 0.119 e. The molecule has 2 aromatic carbocycles. The van der Waals surface area contributed by atoms with E-state index in [-0.39, 0.29) is 17.6 Å². The van der Waals surface area contributed by atoms with E-state index >= 15 is 0 Å². The molecule has 1 aliphatic rings. The lowest BCUT2D eigenvalue weighted by molar-refractivity contribution is 0.320. The van der Waals surface area contributed by atoms with Gasteiger partial charge in [-0.15, -0.1) is 0 Å². The minimum atomic E-state index is -0.545. The molecular formula is C16H16O3. The maximum atomic E-state index is 10.1. The number of phenolic OH excluding ortho intramolecular Hbond substituents is 2. The van der Waals surface area contributed by atoms with Crippen LogP contribution in [0.15, 0.2) is 48.5 Å². The average Bonchev–Trinajstić information content (AvgIpc) is 3.23. The molecule has 0 aromatic heterocycles. The minimum absolute atomic E-state index is 0.0194. The van der Waals surface area contributed by atoms with Gasteiger partial charge < -0.3 is 14.9 Å². The summed E-state index contributed by atoms with van der Waals surface area (Å²) < 4.78 is 5.47. The van der Waals surface area contributed by atoms with Gasteiger partial charge in [-0.1, -0.05) is 36.4 Å². The number of epoxide rings is 1. The van der Waals surface area contributed by atoms with Crippen LogP contribution in [0, 0.1) is 0 Å². The second-order valence-corrected chi connectivity index (χ2v) is 5.06. The van der Waals surface area contributed by atoms with E-state index in [2.05, 4.69) is 0 Å². The molecule has 0 bridgehead atoms. The largest absolute Gasteiger partial charge is 0.508 e. The Balaban J connectivity index is 2.21. The number of aromatic hydroxyl groups is 2. The molecule has 3 heteroatoms. The maximum absolute atomic E-state index is 10.1. The highest BCUT2D eigenvalue weighted by Crippen LogP contribution is 2.47. The summed E-state index contributed by atoms with van der Waals surface area (Å²) in [5.74, 6) is 0.451. The first kappa shape index (κ1) is 12.1. The first-order valence-electron chi connectivity index (χ1n) is 6.32. The van der Waals surface area contributed by atoms with Gasteiger partial charge in [-0.05, 0) is 19.1 Å². The van der Waals surface area contributed by atoms with Gasteiger partial charge in [0, 0.05) is 11.1 Å². The highest BCUT2D eigenvalue weighted by Gasteiger charge is 2.48. The van der Waals surface area contributed by atoms with E-state index in [1.54, 1.807) is 24.3 Å². The summed E-state index contributed by atoms with van der Waals surface area (Å²) >= 11 is 0. The van der Waals surface area contributed by atoms with E-state index in [1.807, 2.05) is 31.2 Å². The Bertz CT molecular complexity index is 557. The quantitative estimate of drug-likeness (QED) is 0.830. The Morgan fingerprint density at radius 3 is 1.74 bits per heavy atom. The zero-order valence-electron chi connectivity index (χ0n) is 10.7. The summed E-state index contributed by atoms with van der Waals surface area (Å²) in [6, 6.07) is 14.4. The molecule has 0 saturated carbocycles. The van der Waals surface area contributed by atoms with Crippen LogP contribution in [0.25, 0.3) is 0 Å². The average molecular weight is 256 g/mol. The monoisotopic (exact) mass is 256 g/mol. The molecule has 3 nitrogen and oxygen atoms in total. The lowest BCUT2D eigenvalue weighted by Gasteiger charge is -2.30. The van der Waals surface area contributed by atoms with Gasteiger partial charge in [0.05, 0.1) is 18.1 Å². The number of para-hydroxylation sites is 2. The van der Waals surface area contributed by atoms with Gasteiger partial charge in [0.15, 0.2) is 0 Å². The molecule has 1 unspecified atom stereocenters. The summed E-state index contributed by atoms with van der Waals surface area (Å²) in [5, 5.41) is 20.3. The molecule has 98 valence electrons. The van der Waals surface area contributed by atoms with Crippen LogP contribution in [0.3, 0.4) is 0 Å². The van der Waals surface area contributed by atoms with Crippen LogP contribution < -0.4 is 0 Å². The predicted molar refractivity (Wildman–Crippen MR) is 72.4 cm³/mol. The number of ether oxygens (including phenoxy) is 1. The standard InChI is InChI=1S/C16H16O3/c1-16(15-10-19-15,11-6-2-4-8-13(11)17)12-7-3-5-9-14(12)18/h2-9,15,17-18H,10H2,1H3. The van der Waals surface area contributed by atoms with Gasteiger partial charge in [-0.25, -0.2) is 0 Å². The van der Waals surface area contributed by atoms with Crippen LogP contribution >= 0.6 is 0 Å². The molecule has 1 atom stereocenters. The van der Waals surface area contributed by atoms with E-state index in [9.17, 15) is 10.2 Å². The molecule has 2 aromatic rings. The van der Waals surface area contributed by atoms with Crippen molar-refractivity contribution in [2.75, 3.05) is 6.61 Å². The van der Waals surface area contributed by atoms with Crippen molar-refractivity contribution in [1.29, 1.82) is 0 Å². The third-order valence-corrected chi connectivity index (χ3v) is 3.90. The zero-order valence-corrected chi connectivity index (χ0v) is 10.7. The van der Waals surface area contributed by atoms with Crippen molar-refractivity contribution in [3.05, 3.63) is 59.7 Å². The van der Waals surface area contributed by atoms with Crippen LogP contribution in [0.1, 0.15) is 18.1 Å². The Hall–Kier alpha value is -2.00. The summed E-state index contributed by atoms with van der Waals surface area (Å²) in [6.45, 7) is 2.63. The molecule has 1 saturated heterocycles. The molecular weight excluding hydrogens is 240 g/mol. The van der Waals surface area contributed by atoms with Gasteiger partial charge in [-0.2, -0.15) is 0 Å². The van der Waals surface area contributed by atoms with Gasteiger partial charge in [-0.3, -0.25) is 0 Å². The zero-order chi connectivity index (χ0) is 13.5. The number of phenols is 2. The Labute approximate surface area is 112 Å². The van der Waals surface area contributed by atoms with Crippen molar-refractivity contribution in [2.24, 2.45) is 0 Å². The van der Waals surface area contributed by atoms with Crippen LogP contribution in [0.4, 0.5) is 0 Å². The first-order valence-corrected chi connectivity index (χ1v) is 6.32. The maximum Gasteiger partial charge on any atom is 0.119 e. The molecule has 0 aliphatic carbocycles. The van der Waals surface area contributed by atoms with Gasteiger partial charge >= 0.3 is 0 Å². The lowest BCUT2D eigenvalue weighted by atomic mass is 9.73. The fraction of sp³-hybridized carbons (Fsp3) is 0.250. The summed E-state index contributed by atoms with van der Waals surface area (Å²) in [6.07, 6.45) is -0.0194. The van der Waals surface area contributed by atoms with Gasteiger partial charge in [0.25, 0.3) is 0 Å². The van der Waals surface area contributed by atoms with Crippen LogP contribution in [-0.4, -0.2) is 22.9 Å².